The molecular formula is C25H36N4O. The van der Waals surface area contributed by atoms with Gasteiger partial charge in [0.1, 0.15) is 0 Å². The maximum atomic E-state index is 12.9. The molecule has 5 heteroatoms. The van der Waals surface area contributed by atoms with E-state index in [2.05, 4.69) is 77.9 Å². The SMILES string of the molecule is CCN(CC(=O)N1CCN(c2cccc(C)c2C)CC1)Cc1ccc(N(C)C)cc1. The lowest BCUT2D eigenvalue weighted by Crippen LogP contribution is -2.51. The van der Waals surface area contributed by atoms with E-state index in [1.54, 1.807) is 0 Å². The van der Waals surface area contributed by atoms with Crippen LogP contribution in [0.1, 0.15) is 23.6 Å². The number of hydrogen-bond acceptors (Lipinski definition) is 4. The molecule has 1 aliphatic rings. The van der Waals surface area contributed by atoms with Crippen LogP contribution in [0.15, 0.2) is 42.5 Å². The van der Waals surface area contributed by atoms with Gasteiger partial charge in [-0.2, -0.15) is 0 Å². The highest BCUT2D eigenvalue weighted by molar-refractivity contribution is 5.78. The Balaban J connectivity index is 1.53. The fourth-order valence-corrected chi connectivity index (χ4v) is 4.00. The number of carbonyl (C=O) groups is 1. The van der Waals surface area contributed by atoms with Crippen LogP contribution in [-0.4, -0.2) is 69.1 Å². The van der Waals surface area contributed by atoms with Crippen LogP contribution in [-0.2, 0) is 11.3 Å². The fraction of sp³-hybridized carbons (Fsp3) is 0.480. The maximum Gasteiger partial charge on any atom is 0.236 e. The Labute approximate surface area is 181 Å². The highest BCUT2D eigenvalue weighted by Gasteiger charge is 2.23. The van der Waals surface area contributed by atoms with E-state index in [-0.39, 0.29) is 5.91 Å². The third kappa shape index (κ3) is 5.33. The third-order valence-electron chi connectivity index (χ3n) is 6.21. The Morgan fingerprint density at radius 1 is 0.967 bits per heavy atom. The van der Waals surface area contributed by atoms with Gasteiger partial charge in [-0.05, 0) is 55.3 Å². The predicted molar refractivity (Wildman–Crippen MR) is 126 cm³/mol. The zero-order valence-corrected chi connectivity index (χ0v) is 19.2. The third-order valence-corrected chi connectivity index (χ3v) is 6.21. The van der Waals surface area contributed by atoms with Gasteiger partial charge in [-0.3, -0.25) is 9.69 Å². The Hall–Kier alpha value is -2.53. The molecule has 3 rings (SSSR count). The van der Waals surface area contributed by atoms with E-state index in [1.165, 1.54) is 28.1 Å². The summed E-state index contributed by atoms with van der Waals surface area (Å²) in [4.78, 5) is 21.7. The Morgan fingerprint density at radius 2 is 1.63 bits per heavy atom. The average Bonchev–Trinajstić information content (AvgIpc) is 2.75. The first-order valence-corrected chi connectivity index (χ1v) is 11.0. The highest BCUT2D eigenvalue weighted by Crippen LogP contribution is 2.24. The van der Waals surface area contributed by atoms with Crippen LogP contribution in [0.25, 0.3) is 0 Å². The first kappa shape index (κ1) is 22.2. The zero-order valence-electron chi connectivity index (χ0n) is 19.2. The summed E-state index contributed by atoms with van der Waals surface area (Å²) in [5, 5.41) is 0. The van der Waals surface area contributed by atoms with Gasteiger partial charge in [-0.25, -0.2) is 0 Å². The van der Waals surface area contributed by atoms with Crippen LogP contribution in [0.4, 0.5) is 11.4 Å². The second-order valence-corrected chi connectivity index (χ2v) is 8.45. The molecule has 0 aromatic heterocycles. The van der Waals surface area contributed by atoms with E-state index < -0.39 is 0 Å². The molecule has 1 saturated heterocycles. The highest BCUT2D eigenvalue weighted by atomic mass is 16.2. The monoisotopic (exact) mass is 408 g/mol. The van der Waals surface area contributed by atoms with Gasteiger partial charge in [0.25, 0.3) is 0 Å². The van der Waals surface area contributed by atoms with Gasteiger partial charge in [0, 0.05) is 58.2 Å². The predicted octanol–water partition coefficient (Wildman–Crippen LogP) is 3.54. The van der Waals surface area contributed by atoms with Crippen molar-refractivity contribution in [2.24, 2.45) is 0 Å². The smallest absolute Gasteiger partial charge is 0.236 e. The molecule has 5 nitrogen and oxygen atoms in total. The number of hydrogen-bond donors (Lipinski definition) is 0. The minimum atomic E-state index is 0.238. The summed E-state index contributed by atoms with van der Waals surface area (Å²) in [6.07, 6.45) is 0. The zero-order chi connectivity index (χ0) is 21.7. The number of nitrogens with zero attached hydrogens (tertiary/aromatic N) is 4. The van der Waals surface area contributed by atoms with Gasteiger partial charge in [0.2, 0.25) is 5.91 Å². The van der Waals surface area contributed by atoms with Crippen molar-refractivity contribution < 1.29 is 4.79 Å². The number of rotatable bonds is 7. The number of benzene rings is 2. The molecule has 2 aromatic rings. The van der Waals surface area contributed by atoms with E-state index in [1.807, 2.05) is 19.0 Å². The van der Waals surface area contributed by atoms with Crippen molar-refractivity contribution in [3.05, 3.63) is 59.2 Å². The molecule has 0 atom stereocenters. The second kappa shape index (κ2) is 9.98. The quantitative estimate of drug-likeness (QED) is 0.701. The molecule has 0 aliphatic carbocycles. The molecule has 1 heterocycles. The average molecular weight is 409 g/mol. The number of anilines is 2. The summed E-state index contributed by atoms with van der Waals surface area (Å²) in [5.41, 5.74) is 6.41. The van der Waals surface area contributed by atoms with Crippen LogP contribution >= 0.6 is 0 Å². The molecule has 1 aliphatic heterocycles. The molecule has 1 amide bonds. The number of carbonyl (C=O) groups excluding carboxylic acids is 1. The van der Waals surface area contributed by atoms with E-state index >= 15 is 0 Å². The van der Waals surface area contributed by atoms with Crippen molar-refractivity contribution in [2.75, 3.05) is 63.2 Å². The summed E-state index contributed by atoms with van der Waals surface area (Å²) >= 11 is 0. The summed E-state index contributed by atoms with van der Waals surface area (Å²) in [7, 11) is 4.10. The fourth-order valence-electron chi connectivity index (χ4n) is 4.00. The van der Waals surface area contributed by atoms with Crippen LogP contribution < -0.4 is 9.80 Å². The minimum absolute atomic E-state index is 0.238. The lowest BCUT2D eigenvalue weighted by Gasteiger charge is -2.37. The second-order valence-electron chi connectivity index (χ2n) is 8.45. The summed E-state index contributed by atoms with van der Waals surface area (Å²) < 4.78 is 0. The van der Waals surface area contributed by atoms with Crippen molar-refractivity contribution in [1.29, 1.82) is 0 Å². The van der Waals surface area contributed by atoms with Gasteiger partial charge in [0.05, 0.1) is 6.54 Å². The molecule has 0 radical (unpaired) electrons. The van der Waals surface area contributed by atoms with Gasteiger partial charge in [0.15, 0.2) is 0 Å². The molecule has 0 unspecified atom stereocenters. The van der Waals surface area contributed by atoms with Crippen LogP contribution in [0.5, 0.6) is 0 Å². The summed E-state index contributed by atoms with van der Waals surface area (Å²) in [5.74, 6) is 0.238. The standard InChI is InChI=1S/C25H36N4O/c1-6-27(18-22-10-12-23(13-11-22)26(4)5)19-25(30)29-16-14-28(15-17-29)24-9-7-8-20(2)21(24)3/h7-13H,6,14-19H2,1-5H3. The van der Waals surface area contributed by atoms with Crippen LogP contribution in [0.3, 0.4) is 0 Å². The van der Waals surface area contributed by atoms with Gasteiger partial charge < -0.3 is 14.7 Å². The molecule has 30 heavy (non-hydrogen) atoms. The number of amides is 1. The lowest BCUT2D eigenvalue weighted by molar-refractivity contribution is -0.132. The Morgan fingerprint density at radius 3 is 2.23 bits per heavy atom. The molecule has 0 bridgehead atoms. The minimum Gasteiger partial charge on any atom is -0.378 e. The van der Waals surface area contributed by atoms with Crippen molar-refractivity contribution >= 4 is 17.3 Å². The topological polar surface area (TPSA) is 30.0 Å². The Kier molecular flexibility index (Phi) is 7.38. The molecule has 0 saturated carbocycles. The number of piperazine rings is 1. The van der Waals surface area contributed by atoms with Gasteiger partial charge in [-0.15, -0.1) is 0 Å². The first-order chi connectivity index (χ1) is 14.4. The van der Waals surface area contributed by atoms with E-state index in [9.17, 15) is 4.79 Å². The van der Waals surface area contributed by atoms with Crippen molar-refractivity contribution in [3.8, 4) is 0 Å². The number of likely N-dealkylation sites (N-methyl/N-ethyl adjacent to an activating group) is 1. The summed E-state index contributed by atoms with van der Waals surface area (Å²) in [6, 6.07) is 15.1. The van der Waals surface area contributed by atoms with Crippen molar-refractivity contribution in [2.45, 2.75) is 27.3 Å². The maximum absolute atomic E-state index is 12.9. The van der Waals surface area contributed by atoms with Gasteiger partial charge >= 0.3 is 0 Å². The molecule has 0 N–H and O–H groups in total. The molecule has 0 spiro atoms. The van der Waals surface area contributed by atoms with Gasteiger partial charge in [-0.1, -0.05) is 31.2 Å². The van der Waals surface area contributed by atoms with Crippen molar-refractivity contribution in [3.63, 3.8) is 0 Å². The van der Waals surface area contributed by atoms with E-state index in [0.717, 1.165) is 39.3 Å². The largest absolute Gasteiger partial charge is 0.378 e. The first-order valence-electron chi connectivity index (χ1n) is 11.0. The van der Waals surface area contributed by atoms with Crippen LogP contribution in [0, 0.1) is 13.8 Å². The van der Waals surface area contributed by atoms with E-state index in [4.69, 9.17) is 0 Å². The molecule has 1 fully saturated rings. The molecule has 162 valence electrons. The van der Waals surface area contributed by atoms with E-state index in [0.29, 0.717) is 6.54 Å². The molecule has 2 aromatic carbocycles. The summed E-state index contributed by atoms with van der Waals surface area (Å²) in [6.45, 7) is 12.0. The lowest BCUT2D eigenvalue weighted by atomic mass is 10.1. The Bertz CT molecular complexity index is 839. The van der Waals surface area contributed by atoms with Crippen molar-refractivity contribution in [1.82, 2.24) is 9.80 Å². The number of aryl methyl sites for hydroxylation is 1. The normalized spacial score (nSPS) is 14.3. The molecular weight excluding hydrogens is 372 g/mol. The van der Waals surface area contributed by atoms with Crippen LogP contribution in [0.2, 0.25) is 0 Å².